The maximum Gasteiger partial charge on any atom is 0.270 e. The van der Waals surface area contributed by atoms with Crippen molar-refractivity contribution in [3.8, 4) is 39.1 Å². The van der Waals surface area contributed by atoms with Crippen molar-refractivity contribution in [3.63, 3.8) is 0 Å². The third-order valence-corrected chi connectivity index (χ3v) is 6.81. The molecule has 0 bridgehead atoms. The van der Waals surface area contributed by atoms with Crippen molar-refractivity contribution in [1.29, 1.82) is 0 Å². The van der Waals surface area contributed by atoms with Crippen molar-refractivity contribution in [1.82, 2.24) is 9.36 Å². The van der Waals surface area contributed by atoms with E-state index in [2.05, 4.69) is 21.5 Å². The Kier molecular flexibility index (Phi) is 7.59. The van der Waals surface area contributed by atoms with Crippen LogP contribution in [0.15, 0.2) is 60.7 Å². The van der Waals surface area contributed by atoms with Crippen molar-refractivity contribution in [2.75, 3.05) is 6.61 Å². The molecule has 0 fully saturated rings. The van der Waals surface area contributed by atoms with Gasteiger partial charge in [0.2, 0.25) is 10.8 Å². The van der Waals surface area contributed by atoms with Gasteiger partial charge < -0.3 is 24.2 Å². The van der Waals surface area contributed by atoms with Gasteiger partial charge in [-0.15, -0.1) is 0 Å². The van der Waals surface area contributed by atoms with E-state index in [1.807, 2.05) is 32.0 Å². The largest absolute Gasteiger partial charge is 0.568 e. The molecule has 0 saturated carbocycles. The van der Waals surface area contributed by atoms with Crippen LogP contribution in [0.4, 0.5) is 0 Å². The van der Waals surface area contributed by atoms with Crippen LogP contribution in [0.1, 0.15) is 37.1 Å². The van der Waals surface area contributed by atoms with Crippen LogP contribution in [-0.2, 0) is 6.61 Å². The van der Waals surface area contributed by atoms with Gasteiger partial charge in [0.05, 0.1) is 29.2 Å². The molecule has 188 valence electrons. The van der Waals surface area contributed by atoms with Gasteiger partial charge in [-0.3, -0.25) is 0 Å². The first kappa shape index (κ1) is 25.6. The summed E-state index contributed by atoms with van der Waals surface area (Å²) >= 11 is 0. The molecule has 0 saturated heterocycles. The molecule has 4 rings (SSSR count). The zero-order valence-corrected chi connectivity index (χ0v) is 21.6. The van der Waals surface area contributed by atoms with Crippen molar-refractivity contribution in [3.05, 3.63) is 77.5 Å². The van der Waals surface area contributed by atoms with Crippen LogP contribution < -0.4 is 9.47 Å². The van der Waals surface area contributed by atoms with Crippen molar-refractivity contribution in [2.24, 2.45) is 0 Å². The van der Waals surface area contributed by atoms with Gasteiger partial charge >= 0.3 is 0 Å². The van der Waals surface area contributed by atoms with E-state index in [1.165, 1.54) is 6.07 Å². The van der Waals surface area contributed by atoms with Crippen LogP contribution in [0.2, 0.25) is 0 Å². The topological polar surface area (TPSA) is 108 Å². The minimum Gasteiger partial charge on any atom is -0.568 e. The summed E-state index contributed by atoms with van der Waals surface area (Å²) in [6.07, 6.45) is 0.522. The molecular formula is C28H30N2O5S. The van der Waals surface area contributed by atoms with Gasteiger partial charge in [0.1, 0.15) is 12.4 Å². The molecule has 0 spiro atoms. The Balaban J connectivity index is 1.44. The van der Waals surface area contributed by atoms with Crippen LogP contribution in [-0.4, -0.2) is 36.3 Å². The van der Waals surface area contributed by atoms with Crippen molar-refractivity contribution >= 4 is 10.9 Å². The van der Waals surface area contributed by atoms with Gasteiger partial charge in [0, 0.05) is 33.7 Å². The monoisotopic (exact) mass is 506 g/mol. The maximum absolute atomic E-state index is 11.9. The number of rotatable bonds is 9. The standard InChI is InChI=1S/C28H30N2O5S/c1-18-14-26(34-13-12-28(3,4)32)29-19(2)27(18)22-7-5-6-20(15-22)17-35-23-10-8-21(9-11-23)24-16-25(31)30-36(24)33/h5-11,14-16,32H,12-13,17H2,1-4H3,(H,30,31). The van der Waals surface area contributed by atoms with Gasteiger partial charge in [-0.25, -0.2) is 4.98 Å². The summed E-state index contributed by atoms with van der Waals surface area (Å²) < 4.78 is 27.3. The summed E-state index contributed by atoms with van der Waals surface area (Å²) in [5, 5.41) is 19.3. The highest BCUT2D eigenvalue weighted by Crippen LogP contribution is 2.34. The first-order valence-electron chi connectivity index (χ1n) is 11.7. The van der Waals surface area contributed by atoms with Crippen molar-refractivity contribution in [2.45, 2.75) is 46.3 Å². The highest BCUT2D eigenvalue weighted by molar-refractivity contribution is 7.23. The van der Waals surface area contributed by atoms with E-state index in [-0.39, 0.29) is 5.88 Å². The van der Waals surface area contributed by atoms with E-state index in [4.69, 9.17) is 9.47 Å². The number of pyridine rings is 1. The van der Waals surface area contributed by atoms with E-state index in [1.54, 1.807) is 38.1 Å². The van der Waals surface area contributed by atoms with Crippen LogP contribution >= 0.6 is 10.9 Å². The fourth-order valence-electron chi connectivity index (χ4n) is 3.92. The first-order chi connectivity index (χ1) is 17.1. The number of aromatic hydroxyl groups is 1. The Morgan fingerprint density at radius 1 is 0.972 bits per heavy atom. The van der Waals surface area contributed by atoms with Gasteiger partial charge in [0.15, 0.2) is 0 Å². The smallest absolute Gasteiger partial charge is 0.270 e. The molecule has 0 amide bonds. The fraction of sp³-hybridized carbons (Fsp3) is 0.286. The third-order valence-electron chi connectivity index (χ3n) is 5.72. The first-order valence-corrected chi connectivity index (χ1v) is 12.8. The van der Waals surface area contributed by atoms with Crippen LogP contribution in [0, 0.1) is 13.8 Å². The molecule has 1 atom stereocenters. The molecule has 4 aromatic rings. The third kappa shape index (κ3) is 6.40. The molecule has 1 unspecified atom stereocenters. The summed E-state index contributed by atoms with van der Waals surface area (Å²) in [6.45, 7) is 8.30. The lowest BCUT2D eigenvalue weighted by Gasteiger charge is -2.18. The number of aliphatic hydroxyl groups is 1. The second kappa shape index (κ2) is 10.7. The number of nitrogens with zero attached hydrogens (tertiary/aromatic N) is 2. The Hall–Kier alpha value is -3.46. The predicted molar refractivity (Wildman–Crippen MR) is 140 cm³/mol. The summed E-state index contributed by atoms with van der Waals surface area (Å²) in [6, 6.07) is 18.7. The Morgan fingerprint density at radius 2 is 1.72 bits per heavy atom. The molecule has 0 aliphatic carbocycles. The van der Waals surface area contributed by atoms with E-state index in [0.717, 1.165) is 33.5 Å². The average molecular weight is 507 g/mol. The molecular weight excluding hydrogens is 476 g/mol. The number of ether oxygens (including phenoxy) is 2. The number of benzene rings is 2. The highest BCUT2D eigenvalue weighted by atomic mass is 32.2. The molecule has 0 aliphatic rings. The molecule has 2 aromatic carbocycles. The molecule has 36 heavy (non-hydrogen) atoms. The van der Waals surface area contributed by atoms with E-state index < -0.39 is 16.5 Å². The Morgan fingerprint density at radius 3 is 2.36 bits per heavy atom. The Labute approximate surface area is 214 Å². The average Bonchev–Trinajstić information content (AvgIpc) is 3.15. The normalized spacial score (nSPS) is 12.0. The molecule has 0 aliphatic heterocycles. The van der Waals surface area contributed by atoms with Gasteiger partial charge in [-0.05, 0) is 74.7 Å². The second-order valence-electron chi connectivity index (χ2n) is 9.37. The minimum absolute atomic E-state index is 0.225. The number of aromatic nitrogens is 2. The lowest BCUT2D eigenvalue weighted by molar-refractivity contribution is 0.0546. The lowest BCUT2D eigenvalue weighted by atomic mass is 9.98. The summed E-state index contributed by atoms with van der Waals surface area (Å²) in [7, 11) is -1.58. The van der Waals surface area contributed by atoms with Gasteiger partial charge in [0.25, 0.3) is 5.88 Å². The SMILES string of the molecule is Cc1cc(OCCC(C)(C)O)nc(C)c1-c1cccc(COc2ccc(-c3cc(O)n[s+]3[O-])cc2)c1. The van der Waals surface area contributed by atoms with Crippen molar-refractivity contribution < 1.29 is 24.2 Å². The second-order valence-corrected chi connectivity index (χ2v) is 10.5. The van der Waals surface area contributed by atoms with Gasteiger partial charge in [-0.2, -0.15) is 0 Å². The number of aryl methyl sites for hydroxylation is 2. The summed E-state index contributed by atoms with van der Waals surface area (Å²) in [5.41, 5.74) is 4.99. The predicted octanol–water partition coefficient (Wildman–Crippen LogP) is 5.98. The summed E-state index contributed by atoms with van der Waals surface area (Å²) in [4.78, 5) is 5.09. The van der Waals surface area contributed by atoms with Gasteiger partial charge in [-0.1, -0.05) is 18.2 Å². The molecule has 2 aromatic heterocycles. The van der Waals surface area contributed by atoms with Crippen LogP contribution in [0.5, 0.6) is 17.5 Å². The maximum atomic E-state index is 11.9. The lowest BCUT2D eigenvalue weighted by Crippen LogP contribution is -2.22. The van der Waals surface area contributed by atoms with E-state index >= 15 is 0 Å². The van der Waals surface area contributed by atoms with E-state index in [9.17, 15) is 14.8 Å². The fourth-order valence-corrected chi connectivity index (χ4v) is 4.79. The minimum atomic E-state index is -1.58. The number of hydrogen-bond donors (Lipinski definition) is 2. The molecule has 2 N–H and O–H groups in total. The molecule has 8 heteroatoms. The quantitative estimate of drug-likeness (QED) is 0.269. The van der Waals surface area contributed by atoms with Crippen LogP contribution in [0.25, 0.3) is 21.6 Å². The zero-order valence-electron chi connectivity index (χ0n) is 20.8. The summed E-state index contributed by atoms with van der Waals surface area (Å²) in [5.74, 6) is 1.01. The molecule has 2 heterocycles. The highest BCUT2D eigenvalue weighted by Gasteiger charge is 2.16. The molecule has 0 radical (unpaired) electrons. The number of hydrogen-bond acceptors (Lipinski definition) is 7. The van der Waals surface area contributed by atoms with E-state index in [0.29, 0.717) is 36.1 Å². The zero-order chi connectivity index (χ0) is 25.9. The van der Waals surface area contributed by atoms with Crippen LogP contribution in [0.3, 0.4) is 0 Å². The Bertz CT molecular complexity index is 1320. The molecule has 7 nitrogen and oxygen atoms in total.